The van der Waals surface area contributed by atoms with Crippen molar-refractivity contribution in [3.8, 4) is 0 Å². The molecule has 2 N–H and O–H groups in total. The van der Waals surface area contributed by atoms with Crippen LogP contribution in [-0.4, -0.2) is 24.5 Å². The lowest BCUT2D eigenvalue weighted by Gasteiger charge is -2.19. The molecular formula is C15H16FN3O. The second-order valence-electron chi connectivity index (χ2n) is 4.36. The van der Waals surface area contributed by atoms with Crippen molar-refractivity contribution >= 4 is 5.91 Å². The molecule has 1 unspecified atom stereocenters. The summed E-state index contributed by atoms with van der Waals surface area (Å²) in [6, 6.07) is 9.43. The quantitative estimate of drug-likeness (QED) is 0.871. The molecule has 0 spiro atoms. The lowest BCUT2D eigenvalue weighted by atomic mass is 9.99. The van der Waals surface area contributed by atoms with E-state index in [1.54, 1.807) is 31.6 Å². The Balaban J connectivity index is 2.29. The van der Waals surface area contributed by atoms with Crippen molar-refractivity contribution in [2.75, 3.05) is 13.6 Å². The van der Waals surface area contributed by atoms with Gasteiger partial charge in [0.1, 0.15) is 5.82 Å². The molecule has 0 aliphatic heterocycles. The first-order valence-electron chi connectivity index (χ1n) is 6.30. The van der Waals surface area contributed by atoms with Gasteiger partial charge in [-0.3, -0.25) is 9.78 Å². The summed E-state index contributed by atoms with van der Waals surface area (Å²) in [5, 5.41) is 5.72. The first-order valence-corrected chi connectivity index (χ1v) is 6.30. The number of halogens is 1. The summed E-state index contributed by atoms with van der Waals surface area (Å²) < 4.78 is 13.0. The van der Waals surface area contributed by atoms with E-state index in [2.05, 4.69) is 15.6 Å². The van der Waals surface area contributed by atoms with Crippen molar-refractivity contribution < 1.29 is 9.18 Å². The molecule has 1 atom stereocenters. The first kappa shape index (κ1) is 14.1. The molecule has 2 aromatic rings. The van der Waals surface area contributed by atoms with Gasteiger partial charge in [-0.15, -0.1) is 0 Å². The summed E-state index contributed by atoms with van der Waals surface area (Å²) in [4.78, 5) is 15.8. The van der Waals surface area contributed by atoms with Gasteiger partial charge in [0, 0.05) is 12.4 Å². The number of nitrogens with one attached hydrogen (secondary N) is 2. The van der Waals surface area contributed by atoms with Crippen LogP contribution < -0.4 is 10.6 Å². The van der Waals surface area contributed by atoms with Crippen LogP contribution in [0.25, 0.3) is 0 Å². The highest BCUT2D eigenvalue weighted by Crippen LogP contribution is 2.21. The normalized spacial score (nSPS) is 11.9. The maximum Gasteiger partial charge on any atom is 0.234 e. The van der Waals surface area contributed by atoms with Gasteiger partial charge in [-0.2, -0.15) is 0 Å². The summed E-state index contributed by atoms with van der Waals surface area (Å²) in [5.41, 5.74) is 1.72. The molecule has 1 heterocycles. The van der Waals surface area contributed by atoms with E-state index >= 15 is 0 Å². The molecule has 0 aliphatic rings. The molecule has 0 aliphatic carbocycles. The minimum Gasteiger partial charge on any atom is -0.344 e. The van der Waals surface area contributed by atoms with Crippen LogP contribution >= 0.6 is 0 Å². The first-order chi connectivity index (χ1) is 9.70. The summed E-state index contributed by atoms with van der Waals surface area (Å²) in [6.07, 6.45) is 3.33. The van der Waals surface area contributed by atoms with Gasteiger partial charge in [-0.25, -0.2) is 4.39 Å². The number of carbonyl (C=O) groups is 1. The van der Waals surface area contributed by atoms with E-state index in [1.807, 2.05) is 12.1 Å². The van der Waals surface area contributed by atoms with Gasteiger partial charge in [0.2, 0.25) is 5.91 Å². The third-order valence-corrected chi connectivity index (χ3v) is 2.89. The molecule has 1 aromatic heterocycles. The Morgan fingerprint density at radius 3 is 2.35 bits per heavy atom. The van der Waals surface area contributed by atoms with Gasteiger partial charge >= 0.3 is 0 Å². The molecule has 1 aromatic carbocycles. The van der Waals surface area contributed by atoms with E-state index in [1.165, 1.54) is 12.1 Å². The Morgan fingerprint density at radius 2 is 1.75 bits per heavy atom. The topological polar surface area (TPSA) is 54.0 Å². The van der Waals surface area contributed by atoms with Crippen LogP contribution in [0.4, 0.5) is 4.39 Å². The minimum atomic E-state index is -0.320. The van der Waals surface area contributed by atoms with Gasteiger partial charge in [0.05, 0.1) is 12.6 Å². The van der Waals surface area contributed by atoms with Crippen molar-refractivity contribution in [3.05, 3.63) is 65.7 Å². The van der Waals surface area contributed by atoms with Crippen LogP contribution in [-0.2, 0) is 4.79 Å². The Morgan fingerprint density at radius 1 is 1.15 bits per heavy atom. The molecule has 5 heteroatoms. The minimum absolute atomic E-state index is 0.126. The molecule has 4 nitrogen and oxygen atoms in total. The largest absolute Gasteiger partial charge is 0.344 e. The number of benzene rings is 1. The highest BCUT2D eigenvalue weighted by Gasteiger charge is 2.16. The average Bonchev–Trinajstić information content (AvgIpc) is 2.47. The van der Waals surface area contributed by atoms with Gasteiger partial charge in [0.15, 0.2) is 0 Å². The van der Waals surface area contributed by atoms with E-state index in [0.29, 0.717) is 0 Å². The van der Waals surface area contributed by atoms with E-state index < -0.39 is 0 Å². The molecule has 0 saturated heterocycles. The lowest BCUT2D eigenvalue weighted by Crippen LogP contribution is -2.35. The summed E-state index contributed by atoms with van der Waals surface area (Å²) >= 11 is 0. The van der Waals surface area contributed by atoms with E-state index in [9.17, 15) is 9.18 Å². The Labute approximate surface area is 117 Å². The Kier molecular flexibility index (Phi) is 4.79. The number of pyridine rings is 1. The number of carbonyl (C=O) groups excluding carboxylic acids is 1. The Hall–Kier alpha value is -2.27. The van der Waals surface area contributed by atoms with E-state index in [-0.39, 0.29) is 24.3 Å². The van der Waals surface area contributed by atoms with Crippen molar-refractivity contribution in [2.24, 2.45) is 0 Å². The Bertz CT molecular complexity index is 557. The molecular weight excluding hydrogens is 257 g/mol. The molecule has 0 bridgehead atoms. The molecule has 20 heavy (non-hydrogen) atoms. The number of hydrogen-bond donors (Lipinski definition) is 2. The van der Waals surface area contributed by atoms with Crippen molar-refractivity contribution in [1.29, 1.82) is 0 Å². The van der Waals surface area contributed by atoms with Gasteiger partial charge in [0.25, 0.3) is 0 Å². The fourth-order valence-electron chi connectivity index (χ4n) is 1.94. The zero-order valence-corrected chi connectivity index (χ0v) is 11.1. The predicted octanol–water partition coefficient (Wildman–Crippen LogP) is 1.65. The van der Waals surface area contributed by atoms with Crippen LogP contribution in [0.2, 0.25) is 0 Å². The highest BCUT2D eigenvalue weighted by atomic mass is 19.1. The van der Waals surface area contributed by atoms with E-state index in [4.69, 9.17) is 0 Å². The number of likely N-dealkylation sites (N-methyl/N-ethyl adjacent to an activating group) is 1. The molecule has 0 saturated carbocycles. The molecule has 2 rings (SSSR count). The zero-order valence-electron chi connectivity index (χ0n) is 11.1. The van der Waals surface area contributed by atoms with Crippen molar-refractivity contribution in [1.82, 2.24) is 15.6 Å². The molecule has 104 valence electrons. The van der Waals surface area contributed by atoms with Crippen LogP contribution in [0.15, 0.2) is 48.8 Å². The molecule has 1 amide bonds. The summed E-state index contributed by atoms with van der Waals surface area (Å²) in [6.45, 7) is 0.225. The molecule has 0 radical (unpaired) electrons. The van der Waals surface area contributed by atoms with Crippen LogP contribution in [0.1, 0.15) is 17.2 Å². The monoisotopic (exact) mass is 273 g/mol. The van der Waals surface area contributed by atoms with Crippen LogP contribution in [0, 0.1) is 5.82 Å². The average molecular weight is 273 g/mol. The second kappa shape index (κ2) is 6.77. The van der Waals surface area contributed by atoms with Crippen LogP contribution in [0.5, 0.6) is 0 Å². The lowest BCUT2D eigenvalue weighted by molar-refractivity contribution is -0.120. The standard InChI is InChI=1S/C15H16FN3O/c1-17-10-14(20)19-15(12-6-8-18-9-7-12)11-2-4-13(16)5-3-11/h2-9,15,17H,10H2,1H3,(H,19,20). The second-order valence-corrected chi connectivity index (χ2v) is 4.36. The highest BCUT2D eigenvalue weighted by molar-refractivity contribution is 5.79. The van der Waals surface area contributed by atoms with Crippen LogP contribution in [0.3, 0.4) is 0 Å². The smallest absolute Gasteiger partial charge is 0.234 e. The third kappa shape index (κ3) is 3.61. The predicted molar refractivity (Wildman–Crippen MR) is 74.5 cm³/mol. The number of rotatable bonds is 5. The summed E-state index contributed by atoms with van der Waals surface area (Å²) in [5.74, 6) is -0.428. The maximum atomic E-state index is 13.0. The summed E-state index contributed by atoms with van der Waals surface area (Å²) in [7, 11) is 1.71. The number of aromatic nitrogens is 1. The molecule has 0 fully saturated rings. The fourth-order valence-corrected chi connectivity index (χ4v) is 1.94. The fraction of sp³-hybridized carbons (Fsp3) is 0.200. The third-order valence-electron chi connectivity index (χ3n) is 2.89. The zero-order chi connectivity index (χ0) is 14.4. The number of nitrogens with zero attached hydrogens (tertiary/aromatic N) is 1. The maximum absolute atomic E-state index is 13.0. The number of hydrogen-bond acceptors (Lipinski definition) is 3. The van der Waals surface area contributed by atoms with Gasteiger partial charge in [-0.05, 0) is 42.4 Å². The SMILES string of the molecule is CNCC(=O)NC(c1ccncc1)c1ccc(F)cc1. The van der Waals surface area contributed by atoms with E-state index in [0.717, 1.165) is 11.1 Å². The van der Waals surface area contributed by atoms with Gasteiger partial charge < -0.3 is 10.6 Å². The van der Waals surface area contributed by atoms with Crippen molar-refractivity contribution in [3.63, 3.8) is 0 Å². The van der Waals surface area contributed by atoms with Gasteiger partial charge in [-0.1, -0.05) is 12.1 Å². The van der Waals surface area contributed by atoms with Crippen molar-refractivity contribution in [2.45, 2.75) is 6.04 Å². The number of amides is 1.